The second-order valence-corrected chi connectivity index (χ2v) is 15.9. The quantitative estimate of drug-likeness (QED) is 0.0598. The van der Waals surface area contributed by atoms with E-state index in [4.69, 9.17) is 43.1 Å². The summed E-state index contributed by atoms with van der Waals surface area (Å²) in [5, 5.41) is 23.8. The fourth-order valence-electron chi connectivity index (χ4n) is 7.87. The van der Waals surface area contributed by atoms with Gasteiger partial charge in [-0.05, 0) is 93.8 Å². The lowest BCUT2D eigenvalue weighted by molar-refractivity contribution is -0.143. The van der Waals surface area contributed by atoms with Crippen LogP contribution in [-0.4, -0.2) is 45.7 Å². The number of ether oxygens (including phenoxy) is 3. The number of hydrogen-bond donors (Lipinski definition) is 4. The standard InChI is InChI=1S/C49H47Cl2N3O7/c1-3-8-35(26-47(52)55)32-14-11-30(12-15-32)22-41(49(57)58)53-48(56)43-23-36-24-44-45(25-37(36)27-54(43)42(4-2)33-9-6-5-7-10-33)61-46(29-60-44)34-16-18-38(19-17-34)59-28-31-13-20-39(50)40(51)21-31/h3,5-21,24-26,41-43,46,55H,1,4,22-23,27-29,52H2,2H3,(H,53,56)(H,57,58)/b35-8+,47-26+/t41-,42-,43-,46+/m0/s1. The van der Waals surface area contributed by atoms with E-state index in [0.717, 1.165) is 39.8 Å². The van der Waals surface area contributed by atoms with Crippen LogP contribution in [0.25, 0.3) is 5.57 Å². The minimum Gasteiger partial charge on any atom is -0.495 e. The molecule has 0 saturated heterocycles. The zero-order chi connectivity index (χ0) is 43.0. The Morgan fingerprint density at radius 2 is 1.66 bits per heavy atom. The molecule has 0 unspecified atom stereocenters. The Kier molecular flexibility index (Phi) is 13.7. The van der Waals surface area contributed by atoms with E-state index in [0.29, 0.717) is 58.0 Å². The van der Waals surface area contributed by atoms with Gasteiger partial charge in [-0.2, -0.15) is 0 Å². The first-order valence-electron chi connectivity index (χ1n) is 20.0. The summed E-state index contributed by atoms with van der Waals surface area (Å²) in [4.78, 5) is 29.2. The number of nitrogens with one attached hydrogen (secondary N) is 1. The molecule has 0 radical (unpaired) electrons. The van der Waals surface area contributed by atoms with E-state index in [2.05, 4.69) is 35.9 Å². The van der Waals surface area contributed by atoms with E-state index in [9.17, 15) is 19.8 Å². The number of carboxylic acid groups (broad SMARTS) is 1. The van der Waals surface area contributed by atoms with E-state index in [1.165, 1.54) is 6.08 Å². The van der Waals surface area contributed by atoms with Crippen LogP contribution in [0.15, 0.2) is 140 Å². The van der Waals surface area contributed by atoms with Crippen LogP contribution in [0.5, 0.6) is 17.2 Å². The number of rotatable bonds is 15. The van der Waals surface area contributed by atoms with Crippen LogP contribution in [0.1, 0.15) is 64.4 Å². The predicted molar refractivity (Wildman–Crippen MR) is 238 cm³/mol. The second-order valence-electron chi connectivity index (χ2n) is 15.0. The van der Waals surface area contributed by atoms with Crippen molar-refractivity contribution in [1.82, 2.24) is 10.2 Å². The number of nitrogens with two attached hydrogens (primary N) is 1. The molecule has 7 rings (SSSR count). The average Bonchev–Trinajstić information content (AvgIpc) is 3.26. The first-order chi connectivity index (χ1) is 29.5. The van der Waals surface area contributed by atoms with Crippen LogP contribution in [0.4, 0.5) is 0 Å². The minimum atomic E-state index is -1.19. The molecule has 0 fully saturated rings. The fraction of sp³-hybridized carbons (Fsp3) is 0.224. The van der Waals surface area contributed by atoms with Crippen molar-refractivity contribution in [3.05, 3.63) is 189 Å². The van der Waals surface area contributed by atoms with Gasteiger partial charge in [0.2, 0.25) is 5.91 Å². The van der Waals surface area contributed by atoms with Gasteiger partial charge in [-0.15, -0.1) is 0 Å². The van der Waals surface area contributed by atoms with E-state index >= 15 is 0 Å². The molecule has 4 atom stereocenters. The van der Waals surface area contributed by atoms with Crippen molar-refractivity contribution < 1.29 is 34.0 Å². The molecule has 5 aromatic carbocycles. The minimum absolute atomic E-state index is 0.0629. The van der Waals surface area contributed by atoms with E-state index in [1.54, 1.807) is 48.6 Å². The molecule has 0 aliphatic carbocycles. The number of carboxylic acids is 1. The van der Waals surface area contributed by atoms with Crippen LogP contribution in [0, 0.1) is 0 Å². The summed E-state index contributed by atoms with van der Waals surface area (Å²) in [6.45, 7) is 6.86. The summed E-state index contributed by atoms with van der Waals surface area (Å²) in [6, 6.07) is 32.3. The van der Waals surface area contributed by atoms with Gasteiger partial charge in [0, 0.05) is 25.1 Å². The first-order valence-corrected chi connectivity index (χ1v) is 20.8. The predicted octanol–water partition coefficient (Wildman–Crippen LogP) is 9.70. The number of aliphatic carboxylic acids is 1. The molecular formula is C49H47Cl2N3O7. The van der Waals surface area contributed by atoms with Crippen LogP contribution in [-0.2, 0) is 35.6 Å². The number of hydrogen-bond acceptors (Lipinski definition) is 8. The number of amides is 1. The largest absolute Gasteiger partial charge is 0.495 e. The lowest BCUT2D eigenvalue weighted by Gasteiger charge is -2.42. The molecule has 2 heterocycles. The summed E-state index contributed by atoms with van der Waals surface area (Å²) in [5.41, 5.74) is 12.4. The maximum absolute atomic E-state index is 14.4. The Hall–Kier alpha value is -6.20. The van der Waals surface area contributed by atoms with Gasteiger partial charge in [0.25, 0.3) is 0 Å². The number of aliphatic hydroxyl groups excluding tert-OH is 1. The molecule has 1 amide bonds. The van der Waals surface area contributed by atoms with Gasteiger partial charge in [-0.1, -0.05) is 122 Å². The molecule has 2 aliphatic heterocycles. The topological polar surface area (TPSA) is 144 Å². The zero-order valence-electron chi connectivity index (χ0n) is 33.6. The third-order valence-corrected chi connectivity index (χ3v) is 11.7. The maximum Gasteiger partial charge on any atom is 0.326 e. The normalized spacial score (nSPS) is 17.4. The van der Waals surface area contributed by atoms with E-state index in [1.807, 2.05) is 60.7 Å². The average molecular weight is 861 g/mol. The number of halogens is 2. The summed E-state index contributed by atoms with van der Waals surface area (Å²) in [6.07, 6.45) is 5.47. The van der Waals surface area contributed by atoms with E-state index < -0.39 is 18.1 Å². The van der Waals surface area contributed by atoms with Crippen LogP contribution >= 0.6 is 23.2 Å². The first kappa shape index (κ1) is 42.9. The number of benzene rings is 5. The van der Waals surface area contributed by atoms with Gasteiger partial charge in [-0.3, -0.25) is 9.69 Å². The van der Waals surface area contributed by atoms with Gasteiger partial charge in [0.05, 0.1) is 16.1 Å². The highest BCUT2D eigenvalue weighted by molar-refractivity contribution is 6.42. The number of nitrogens with zero attached hydrogens (tertiary/aromatic N) is 1. The molecule has 314 valence electrons. The van der Waals surface area contributed by atoms with Crippen molar-refractivity contribution in [2.75, 3.05) is 6.61 Å². The van der Waals surface area contributed by atoms with Gasteiger partial charge in [0.15, 0.2) is 23.5 Å². The van der Waals surface area contributed by atoms with Gasteiger partial charge in [0.1, 0.15) is 25.0 Å². The monoisotopic (exact) mass is 859 g/mol. The highest BCUT2D eigenvalue weighted by Crippen LogP contribution is 2.42. The molecule has 2 aliphatic rings. The van der Waals surface area contributed by atoms with Gasteiger partial charge < -0.3 is 35.5 Å². The highest BCUT2D eigenvalue weighted by Gasteiger charge is 2.39. The SMILES string of the molecule is C=C/C=C(\C=C(/N)O)c1ccc(C[C@H](NC(=O)[C@@H]2Cc3cc4c(cc3CN2[C@@H](CC)c2ccccc2)O[C@@H](c2ccc(OCc3ccc(Cl)c(Cl)c3)cc2)CO4)C(=O)O)cc1. The van der Waals surface area contributed by atoms with Crippen LogP contribution < -0.4 is 25.3 Å². The molecule has 0 aromatic heterocycles. The van der Waals surface area contributed by atoms with Gasteiger partial charge >= 0.3 is 5.97 Å². The summed E-state index contributed by atoms with van der Waals surface area (Å²) < 4.78 is 18.8. The summed E-state index contributed by atoms with van der Waals surface area (Å²) in [7, 11) is 0. The molecule has 0 saturated carbocycles. The molecule has 5 N–H and O–H groups in total. The Bertz CT molecular complexity index is 2430. The van der Waals surface area contributed by atoms with Crippen LogP contribution in [0.2, 0.25) is 10.0 Å². The fourth-order valence-corrected chi connectivity index (χ4v) is 8.19. The number of aliphatic hydroxyl groups is 1. The van der Waals surface area contributed by atoms with Crippen molar-refractivity contribution >= 4 is 40.7 Å². The zero-order valence-corrected chi connectivity index (χ0v) is 35.1. The Morgan fingerprint density at radius 3 is 2.33 bits per heavy atom. The van der Waals surface area contributed by atoms with E-state index in [-0.39, 0.29) is 37.0 Å². The molecule has 0 spiro atoms. The van der Waals surface area contributed by atoms with Crippen molar-refractivity contribution in [3.8, 4) is 17.2 Å². The second kappa shape index (κ2) is 19.5. The number of allylic oxidation sites excluding steroid dienone is 4. The summed E-state index contributed by atoms with van der Waals surface area (Å²) >= 11 is 12.2. The molecule has 12 heteroatoms. The number of carbonyl (C=O) groups is 2. The van der Waals surface area contributed by atoms with Crippen molar-refractivity contribution in [2.45, 2.75) is 63.6 Å². The highest BCUT2D eigenvalue weighted by atomic mass is 35.5. The number of fused-ring (bicyclic) bond motifs is 2. The molecular weight excluding hydrogens is 813 g/mol. The molecule has 10 nitrogen and oxygen atoms in total. The van der Waals surface area contributed by atoms with Crippen LogP contribution in [0.3, 0.4) is 0 Å². The smallest absolute Gasteiger partial charge is 0.326 e. The third kappa shape index (κ3) is 10.4. The lowest BCUT2D eigenvalue weighted by Crippen LogP contribution is -2.55. The Morgan fingerprint density at radius 1 is 0.934 bits per heavy atom. The van der Waals surface area contributed by atoms with Crippen molar-refractivity contribution in [1.29, 1.82) is 0 Å². The number of carbonyl (C=O) groups excluding carboxylic acids is 1. The Balaban J connectivity index is 1.08. The summed E-state index contributed by atoms with van der Waals surface area (Å²) in [5.74, 6) is 0.0449. The molecule has 61 heavy (non-hydrogen) atoms. The lowest BCUT2D eigenvalue weighted by atomic mass is 9.89. The third-order valence-electron chi connectivity index (χ3n) is 10.9. The maximum atomic E-state index is 14.4. The molecule has 5 aromatic rings. The molecule has 0 bridgehead atoms. The van der Waals surface area contributed by atoms with Crippen molar-refractivity contribution in [2.24, 2.45) is 5.73 Å². The Labute approximate surface area is 365 Å². The van der Waals surface area contributed by atoms with Gasteiger partial charge in [-0.25, -0.2) is 4.79 Å². The van der Waals surface area contributed by atoms with Crippen molar-refractivity contribution in [3.63, 3.8) is 0 Å².